The molecule has 0 saturated heterocycles. The summed E-state index contributed by atoms with van der Waals surface area (Å²) in [6.07, 6.45) is 7.24. The molecule has 102 valence electrons. The lowest BCUT2D eigenvalue weighted by Crippen LogP contribution is -2.30. The van der Waals surface area contributed by atoms with Crippen LogP contribution in [0, 0.1) is 11.8 Å². The number of nitrogens with zero attached hydrogens (tertiary/aromatic N) is 2. The Morgan fingerprint density at radius 2 is 2.28 bits per heavy atom. The molecule has 0 bridgehead atoms. The summed E-state index contributed by atoms with van der Waals surface area (Å²) in [4.78, 5) is 0. The van der Waals surface area contributed by atoms with Crippen LogP contribution in [0.4, 0.5) is 0 Å². The molecule has 1 aromatic heterocycles. The molecule has 3 atom stereocenters. The van der Waals surface area contributed by atoms with Gasteiger partial charge in [0, 0.05) is 12.7 Å². The van der Waals surface area contributed by atoms with Gasteiger partial charge in [0.1, 0.15) is 0 Å². The van der Waals surface area contributed by atoms with Crippen LogP contribution in [0.5, 0.6) is 0 Å². The maximum atomic E-state index is 4.43. The van der Waals surface area contributed by atoms with Gasteiger partial charge < -0.3 is 5.32 Å². The van der Waals surface area contributed by atoms with Gasteiger partial charge in [-0.05, 0) is 50.6 Å². The van der Waals surface area contributed by atoms with E-state index in [1.807, 2.05) is 6.20 Å². The Hall–Kier alpha value is -0.830. The van der Waals surface area contributed by atoms with Crippen molar-refractivity contribution in [2.24, 2.45) is 11.8 Å². The molecule has 0 aliphatic heterocycles. The van der Waals surface area contributed by atoms with Gasteiger partial charge >= 0.3 is 0 Å². The molecule has 0 amide bonds. The van der Waals surface area contributed by atoms with Gasteiger partial charge in [-0.1, -0.05) is 20.3 Å². The standard InChI is InChI=1S/C15H27N3/c1-4-9-16-15(13-7-6-12(3)11-13)14-8-10-17-18(14)5-2/h8,10,12-13,15-16H,4-7,9,11H2,1-3H3. The number of rotatable bonds is 6. The van der Waals surface area contributed by atoms with E-state index in [0.717, 1.165) is 24.9 Å². The summed E-state index contributed by atoms with van der Waals surface area (Å²) < 4.78 is 2.15. The third-order valence-corrected chi connectivity index (χ3v) is 4.19. The number of hydrogen-bond acceptors (Lipinski definition) is 2. The summed E-state index contributed by atoms with van der Waals surface area (Å²) in [6.45, 7) is 8.86. The summed E-state index contributed by atoms with van der Waals surface area (Å²) in [5, 5.41) is 8.18. The Labute approximate surface area is 111 Å². The molecule has 18 heavy (non-hydrogen) atoms. The molecule has 1 heterocycles. The minimum atomic E-state index is 0.498. The molecule has 0 spiro atoms. The van der Waals surface area contributed by atoms with Gasteiger partial charge in [0.15, 0.2) is 0 Å². The van der Waals surface area contributed by atoms with Crippen molar-refractivity contribution in [2.45, 2.75) is 59.0 Å². The highest BCUT2D eigenvalue weighted by molar-refractivity contribution is 5.09. The second-order valence-electron chi connectivity index (χ2n) is 5.68. The summed E-state index contributed by atoms with van der Waals surface area (Å²) >= 11 is 0. The Balaban J connectivity index is 2.14. The molecule has 2 rings (SSSR count). The average molecular weight is 249 g/mol. The lowest BCUT2D eigenvalue weighted by atomic mass is 9.94. The van der Waals surface area contributed by atoms with Crippen LogP contribution in [0.1, 0.15) is 58.2 Å². The third-order valence-electron chi connectivity index (χ3n) is 4.19. The van der Waals surface area contributed by atoms with Gasteiger partial charge in [-0.15, -0.1) is 0 Å². The molecule has 1 fully saturated rings. The van der Waals surface area contributed by atoms with Crippen molar-refractivity contribution < 1.29 is 0 Å². The second-order valence-corrected chi connectivity index (χ2v) is 5.68. The zero-order valence-corrected chi connectivity index (χ0v) is 12.0. The van der Waals surface area contributed by atoms with Crippen LogP contribution < -0.4 is 5.32 Å². The van der Waals surface area contributed by atoms with Crippen molar-refractivity contribution in [1.29, 1.82) is 0 Å². The van der Waals surface area contributed by atoms with E-state index in [1.54, 1.807) is 0 Å². The van der Waals surface area contributed by atoms with Crippen LogP contribution >= 0.6 is 0 Å². The highest BCUT2D eigenvalue weighted by Crippen LogP contribution is 2.38. The maximum absolute atomic E-state index is 4.43. The first-order valence-corrected chi connectivity index (χ1v) is 7.51. The molecule has 1 aliphatic carbocycles. The molecule has 1 aromatic rings. The highest BCUT2D eigenvalue weighted by atomic mass is 15.3. The van der Waals surface area contributed by atoms with Crippen molar-refractivity contribution in [1.82, 2.24) is 15.1 Å². The zero-order valence-electron chi connectivity index (χ0n) is 12.0. The summed E-state index contributed by atoms with van der Waals surface area (Å²) in [5.74, 6) is 1.67. The minimum absolute atomic E-state index is 0.498. The average Bonchev–Trinajstić information content (AvgIpc) is 2.99. The molecule has 0 aromatic carbocycles. The van der Waals surface area contributed by atoms with Crippen LogP contribution in [0.2, 0.25) is 0 Å². The predicted octanol–water partition coefficient (Wildman–Crippen LogP) is 3.38. The number of aromatic nitrogens is 2. The molecule has 3 nitrogen and oxygen atoms in total. The Kier molecular flexibility index (Phi) is 4.81. The zero-order chi connectivity index (χ0) is 13.0. The first-order chi connectivity index (χ1) is 8.76. The van der Waals surface area contributed by atoms with Crippen molar-refractivity contribution in [3.05, 3.63) is 18.0 Å². The van der Waals surface area contributed by atoms with E-state index in [0.29, 0.717) is 6.04 Å². The van der Waals surface area contributed by atoms with E-state index in [2.05, 4.69) is 41.9 Å². The third kappa shape index (κ3) is 2.94. The van der Waals surface area contributed by atoms with E-state index >= 15 is 0 Å². The van der Waals surface area contributed by atoms with Gasteiger partial charge in [-0.3, -0.25) is 4.68 Å². The van der Waals surface area contributed by atoms with Crippen LogP contribution in [0.15, 0.2) is 12.3 Å². The van der Waals surface area contributed by atoms with Crippen LogP contribution in [-0.4, -0.2) is 16.3 Å². The smallest absolute Gasteiger partial charge is 0.0556 e. The maximum Gasteiger partial charge on any atom is 0.0556 e. The monoisotopic (exact) mass is 249 g/mol. The van der Waals surface area contributed by atoms with Crippen molar-refractivity contribution in [3.63, 3.8) is 0 Å². The number of aryl methyl sites for hydroxylation is 1. The van der Waals surface area contributed by atoms with E-state index in [4.69, 9.17) is 0 Å². The van der Waals surface area contributed by atoms with E-state index < -0.39 is 0 Å². The SMILES string of the molecule is CCCNC(c1ccnn1CC)C1CCC(C)C1. The first kappa shape index (κ1) is 13.6. The molecule has 3 unspecified atom stereocenters. The summed E-state index contributed by atoms with van der Waals surface area (Å²) in [7, 11) is 0. The molecule has 1 saturated carbocycles. The van der Waals surface area contributed by atoms with Crippen molar-refractivity contribution in [3.8, 4) is 0 Å². The first-order valence-electron chi connectivity index (χ1n) is 7.51. The highest BCUT2D eigenvalue weighted by Gasteiger charge is 2.30. The van der Waals surface area contributed by atoms with Crippen molar-refractivity contribution >= 4 is 0 Å². The van der Waals surface area contributed by atoms with Gasteiger partial charge in [0.25, 0.3) is 0 Å². The van der Waals surface area contributed by atoms with Crippen LogP contribution in [0.3, 0.4) is 0 Å². The predicted molar refractivity (Wildman–Crippen MR) is 75.4 cm³/mol. The minimum Gasteiger partial charge on any atom is -0.308 e. The van der Waals surface area contributed by atoms with E-state index in [-0.39, 0.29) is 0 Å². The largest absolute Gasteiger partial charge is 0.308 e. The molecule has 3 heteroatoms. The molecule has 1 aliphatic rings. The number of hydrogen-bond donors (Lipinski definition) is 1. The molecule has 0 radical (unpaired) electrons. The summed E-state index contributed by atoms with van der Waals surface area (Å²) in [6, 6.07) is 2.69. The Morgan fingerprint density at radius 1 is 1.44 bits per heavy atom. The van der Waals surface area contributed by atoms with Crippen LogP contribution in [-0.2, 0) is 6.54 Å². The number of nitrogens with one attached hydrogen (secondary N) is 1. The fourth-order valence-corrected chi connectivity index (χ4v) is 3.24. The van der Waals surface area contributed by atoms with E-state index in [1.165, 1.54) is 31.4 Å². The van der Waals surface area contributed by atoms with E-state index in [9.17, 15) is 0 Å². The summed E-state index contributed by atoms with van der Waals surface area (Å²) in [5.41, 5.74) is 1.38. The van der Waals surface area contributed by atoms with Crippen LogP contribution in [0.25, 0.3) is 0 Å². The van der Waals surface area contributed by atoms with Crippen molar-refractivity contribution in [2.75, 3.05) is 6.54 Å². The topological polar surface area (TPSA) is 29.9 Å². The lowest BCUT2D eigenvalue weighted by molar-refractivity contribution is 0.339. The van der Waals surface area contributed by atoms with Gasteiger partial charge in [0.2, 0.25) is 0 Å². The Bertz CT molecular complexity index is 358. The molecular weight excluding hydrogens is 222 g/mol. The van der Waals surface area contributed by atoms with Gasteiger partial charge in [-0.2, -0.15) is 5.10 Å². The Morgan fingerprint density at radius 3 is 2.89 bits per heavy atom. The van der Waals surface area contributed by atoms with Gasteiger partial charge in [0.05, 0.1) is 11.7 Å². The lowest BCUT2D eigenvalue weighted by Gasteiger charge is -2.25. The quantitative estimate of drug-likeness (QED) is 0.837. The fourth-order valence-electron chi connectivity index (χ4n) is 3.24. The molecule has 1 N–H and O–H groups in total. The fraction of sp³-hybridized carbons (Fsp3) is 0.800. The van der Waals surface area contributed by atoms with Gasteiger partial charge in [-0.25, -0.2) is 0 Å². The molecular formula is C15H27N3. The second kappa shape index (κ2) is 6.37. The normalized spacial score (nSPS) is 25.5.